The number of nitrogens with zero attached hydrogens (tertiary/aromatic N) is 2. The molecule has 4 N–H and O–H groups in total. The van der Waals surface area contributed by atoms with E-state index in [9.17, 15) is 28.2 Å². The summed E-state index contributed by atoms with van der Waals surface area (Å²) in [5.74, 6) is -2.24. The second kappa shape index (κ2) is 9.18. The highest BCUT2D eigenvalue weighted by Crippen LogP contribution is 2.51. The van der Waals surface area contributed by atoms with Crippen LogP contribution in [0.1, 0.15) is 34.1 Å². The Morgan fingerprint density at radius 3 is 2.68 bits per heavy atom. The standard InChI is InChI=1S/C19H30N4O6S2/c1-9(2)6-21-31(28,29)22-7-12-5-13(8-20-12)30-17-10(3)15-14(11(4)24)18(25)23(15)16(17)19(26)27/h6,9-15,20,22,24H,5,7-8H2,1-4H3,(H,26,27)/t10-,11-,12+,13+,14-,15-/m1/s1. The number of thioether (sulfide) groups is 1. The fraction of sp³-hybridized carbons (Fsp3) is 0.737. The molecule has 0 saturated carbocycles. The van der Waals surface area contributed by atoms with Crippen LogP contribution in [-0.2, 0) is 19.8 Å². The number of aliphatic carboxylic acids is 1. The van der Waals surface area contributed by atoms with Crippen molar-refractivity contribution in [3.8, 4) is 0 Å². The number of nitrogens with one attached hydrogen (secondary N) is 2. The predicted octanol–water partition coefficient (Wildman–Crippen LogP) is 0.165. The normalized spacial score (nSPS) is 32.1. The second-order valence-corrected chi connectivity index (χ2v) is 11.5. The Kier molecular flexibility index (Phi) is 7.16. The van der Waals surface area contributed by atoms with Crippen molar-refractivity contribution in [2.24, 2.45) is 22.2 Å². The molecule has 1 amide bonds. The molecule has 0 spiro atoms. The molecule has 2 fully saturated rings. The molecule has 0 aromatic rings. The van der Waals surface area contributed by atoms with Crippen LogP contribution >= 0.6 is 11.8 Å². The minimum Gasteiger partial charge on any atom is -0.477 e. The van der Waals surface area contributed by atoms with E-state index in [2.05, 4.69) is 14.4 Å². The molecule has 12 heteroatoms. The molecule has 3 aliphatic rings. The molecule has 3 rings (SSSR count). The van der Waals surface area contributed by atoms with Gasteiger partial charge in [0.15, 0.2) is 0 Å². The maximum atomic E-state index is 12.4. The number of amides is 1. The largest absolute Gasteiger partial charge is 0.477 e. The van der Waals surface area contributed by atoms with Crippen molar-refractivity contribution in [1.82, 2.24) is 14.9 Å². The first-order chi connectivity index (χ1) is 14.4. The van der Waals surface area contributed by atoms with E-state index in [0.717, 1.165) is 0 Å². The zero-order chi connectivity index (χ0) is 23.1. The van der Waals surface area contributed by atoms with Gasteiger partial charge < -0.3 is 20.4 Å². The van der Waals surface area contributed by atoms with Gasteiger partial charge in [0.1, 0.15) is 5.70 Å². The number of aliphatic hydroxyl groups is 1. The number of hydrogen-bond donors (Lipinski definition) is 4. The van der Waals surface area contributed by atoms with E-state index in [4.69, 9.17) is 0 Å². The number of aliphatic hydroxyl groups excluding tert-OH is 1. The number of carbonyl (C=O) groups is 2. The molecule has 0 aromatic heterocycles. The summed E-state index contributed by atoms with van der Waals surface area (Å²) in [5.41, 5.74) is 0.0107. The third-order valence-corrected chi connectivity index (χ3v) is 8.24. The zero-order valence-corrected chi connectivity index (χ0v) is 19.6. The second-order valence-electron chi connectivity index (χ2n) is 8.67. The van der Waals surface area contributed by atoms with Gasteiger partial charge in [0.25, 0.3) is 0 Å². The van der Waals surface area contributed by atoms with Gasteiger partial charge in [-0.05, 0) is 19.3 Å². The fourth-order valence-electron chi connectivity index (χ4n) is 4.33. The molecule has 0 aromatic carbocycles. The Bertz CT molecular complexity index is 901. The van der Waals surface area contributed by atoms with Crippen molar-refractivity contribution in [2.75, 3.05) is 13.1 Å². The van der Waals surface area contributed by atoms with Gasteiger partial charge in [-0.25, -0.2) is 4.79 Å². The highest BCUT2D eigenvalue weighted by molar-refractivity contribution is 8.03. The van der Waals surface area contributed by atoms with E-state index in [1.807, 2.05) is 20.8 Å². The van der Waals surface area contributed by atoms with E-state index in [-0.39, 0.29) is 47.3 Å². The first kappa shape index (κ1) is 24.2. The highest BCUT2D eigenvalue weighted by Gasteiger charge is 2.60. The lowest BCUT2D eigenvalue weighted by molar-refractivity contribution is -0.163. The lowest BCUT2D eigenvalue weighted by atomic mass is 9.79. The lowest BCUT2D eigenvalue weighted by Crippen LogP contribution is -2.63. The minimum atomic E-state index is -3.74. The van der Waals surface area contributed by atoms with E-state index in [0.29, 0.717) is 17.9 Å². The summed E-state index contributed by atoms with van der Waals surface area (Å²) in [6.45, 7) is 7.89. The molecule has 6 atom stereocenters. The Morgan fingerprint density at radius 2 is 2.10 bits per heavy atom. The Labute approximate surface area is 186 Å². The minimum absolute atomic E-state index is 0.0107. The van der Waals surface area contributed by atoms with E-state index >= 15 is 0 Å². The number of carboxylic acids is 1. The number of fused-ring (bicyclic) bond motifs is 1. The molecule has 2 saturated heterocycles. The van der Waals surface area contributed by atoms with Gasteiger partial charge in [-0.15, -0.1) is 11.8 Å². The molecule has 0 aliphatic carbocycles. The van der Waals surface area contributed by atoms with Gasteiger partial charge >= 0.3 is 16.2 Å². The summed E-state index contributed by atoms with van der Waals surface area (Å²) < 4.78 is 29.9. The molecular formula is C19H30N4O6S2. The van der Waals surface area contributed by atoms with Gasteiger partial charge in [-0.2, -0.15) is 17.5 Å². The number of β-lactam (4-membered cyclic amide) rings is 1. The molecule has 31 heavy (non-hydrogen) atoms. The third kappa shape index (κ3) is 4.98. The van der Waals surface area contributed by atoms with Crippen LogP contribution in [0.25, 0.3) is 0 Å². The maximum absolute atomic E-state index is 12.4. The molecule has 0 radical (unpaired) electrons. The van der Waals surface area contributed by atoms with E-state index in [1.54, 1.807) is 6.92 Å². The number of carbonyl (C=O) groups excluding carboxylic acids is 1. The summed E-state index contributed by atoms with van der Waals surface area (Å²) in [7, 11) is -3.74. The summed E-state index contributed by atoms with van der Waals surface area (Å²) in [6.07, 6.45) is 1.18. The maximum Gasteiger partial charge on any atom is 0.353 e. The van der Waals surface area contributed by atoms with Crippen molar-refractivity contribution in [1.29, 1.82) is 0 Å². The molecule has 10 nitrogen and oxygen atoms in total. The van der Waals surface area contributed by atoms with Crippen molar-refractivity contribution in [3.63, 3.8) is 0 Å². The molecule has 3 heterocycles. The van der Waals surface area contributed by atoms with Crippen molar-refractivity contribution >= 4 is 40.1 Å². The average molecular weight is 475 g/mol. The fourth-order valence-corrected chi connectivity index (χ4v) is 6.74. The third-order valence-electron chi connectivity index (χ3n) is 5.80. The molecule has 174 valence electrons. The summed E-state index contributed by atoms with van der Waals surface area (Å²) in [6, 6.07) is -0.437. The van der Waals surface area contributed by atoms with Gasteiger partial charge in [0, 0.05) is 41.4 Å². The molecule has 3 aliphatic heterocycles. The van der Waals surface area contributed by atoms with Crippen LogP contribution in [0.15, 0.2) is 15.0 Å². The van der Waals surface area contributed by atoms with Crippen molar-refractivity contribution in [2.45, 2.75) is 57.6 Å². The van der Waals surface area contributed by atoms with Gasteiger partial charge in [-0.1, -0.05) is 20.8 Å². The molecule has 0 unspecified atom stereocenters. The smallest absolute Gasteiger partial charge is 0.353 e. The van der Waals surface area contributed by atoms with Crippen LogP contribution in [-0.4, -0.2) is 78.1 Å². The van der Waals surface area contributed by atoms with Gasteiger partial charge in [0.2, 0.25) is 5.91 Å². The monoisotopic (exact) mass is 474 g/mol. The Hall–Kier alpha value is -1.47. The van der Waals surface area contributed by atoms with E-state index < -0.39 is 28.2 Å². The van der Waals surface area contributed by atoms with Crippen LogP contribution in [0.5, 0.6) is 0 Å². The van der Waals surface area contributed by atoms with Crippen molar-refractivity contribution < 1.29 is 28.2 Å². The van der Waals surface area contributed by atoms with Crippen LogP contribution in [0, 0.1) is 17.8 Å². The first-order valence-electron chi connectivity index (χ1n) is 10.4. The van der Waals surface area contributed by atoms with Crippen LogP contribution in [0.3, 0.4) is 0 Å². The summed E-state index contributed by atoms with van der Waals surface area (Å²) in [5, 5.41) is 23.0. The SMILES string of the molecule is CC(C)C=NS(=O)(=O)NC[C@@H]1C[C@H](SC2=C(C(=O)O)N3C(=O)[C@H]([C@@H](C)O)[C@H]3[C@H]2C)CN1. The predicted molar refractivity (Wildman–Crippen MR) is 118 cm³/mol. The lowest BCUT2D eigenvalue weighted by Gasteiger charge is -2.46. The zero-order valence-electron chi connectivity index (χ0n) is 18.0. The van der Waals surface area contributed by atoms with Gasteiger partial charge in [-0.3, -0.25) is 4.79 Å². The Balaban J connectivity index is 1.63. The number of hydrogen-bond acceptors (Lipinski definition) is 7. The highest BCUT2D eigenvalue weighted by atomic mass is 32.2. The first-order valence-corrected chi connectivity index (χ1v) is 12.7. The molecular weight excluding hydrogens is 444 g/mol. The van der Waals surface area contributed by atoms with Crippen LogP contribution < -0.4 is 10.0 Å². The van der Waals surface area contributed by atoms with Crippen molar-refractivity contribution in [3.05, 3.63) is 10.6 Å². The average Bonchev–Trinajstić information content (AvgIpc) is 3.20. The quantitative estimate of drug-likeness (QED) is 0.273. The summed E-state index contributed by atoms with van der Waals surface area (Å²) >= 11 is 1.43. The number of carboxylic acid groups (broad SMARTS) is 1. The summed E-state index contributed by atoms with van der Waals surface area (Å²) in [4.78, 5) is 26.3. The van der Waals surface area contributed by atoms with Crippen LogP contribution in [0.2, 0.25) is 0 Å². The van der Waals surface area contributed by atoms with Crippen LogP contribution in [0.4, 0.5) is 0 Å². The molecule has 0 bridgehead atoms. The Morgan fingerprint density at radius 1 is 1.42 bits per heavy atom. The van der Waals surface area contributed by atoms with E-state index in [1.165, 1.54) is 22.9 Å². The van der Waals surface area contributed by atoms with Gasteiger partial charge in [0.05, 0.1) is 18.1 Å². The topological polar surface area (TPSA) is 148 Å². The number of rotatable bonds is 9.